The molecule has 0 bridgehead atoms. The predicted octanol–water partition coefficient (Wildman–Crippen LogP) is 3.90. The van der Waals surface area contributed by atoms with Gasteiger partial charge in [-0.1, -0.05) is 22.8 Å². The summed E-state index contributed by atoms with van der Waals surface area (Å²) in [5.41, 5.74) is 0.0319. The van der Waals surface area contributed by atoms with Crippen molar-refractivity contribution >= 4 is 23.4 Å². The zero-order valence-corrected chi connectivity index (χ0v) is 13.4. The normalized spacial score (nSPS) is 11.8. The van der Waals surface area contributed by atoms with Crippen LogP contribution < -0.4 is 5.32 Å². The molecule has 1 heterocycles. The Morgan fingerprint density at radius 2 is 2.15 bits per heavy atom. The van der Waals surface area contributed by atoms with Gasteiger partial charge < -0.3 is 9.84 Å². The Kier molecular flexibility index (Phi) is 5.07. The first-order valence-corrected chi connectivity index (χ1v) is 7.73. The third kappa shape index (κ3) is 5.15. The van der Waals surface area contributed by atoms with Crippen molar-refractivity contribution in [2.75, 3.05) is 0 Å². The molecule has 0 spiro atoms. The summed E-state index contributed by atoms with van der Waals surface area (Å²) in [4.78, 5) is 5.45. The number of aromatic nitrogens is 2. The molecule has 108 valence electrons. The Balaban J connectivity index is 1.87. The van der Waals surface area contributed by atoms with Crippen molar-refractivity contribution in [2.45, 2.75) is 43.5 Å². The van der Waals surface area contributed by atoms with Gasteiger partial charge in [0.25, 0.3) is 0 Å². The standard InChI is InChI=1S/C14H18ClN3OS/c1-14(2,3)16-8-13-17-12(18-19-13)9-20-11-6-4-5-10(15)7-11/h4-7,16H,8-9H2,1-3H3. The van der Waals surface area contributed by atoms with Crippen LogP contribution in [0.5, 0.6) is 0 Å². The smallest absolute Gasteiger partial charge is 0.240 e. The van der Waals surface area contributed by atoms with Gasteiger partial charge in [0.05, 0.1) is 12.3 Å². The highest BCUT2D eigenvalue weighted by Crippen LogP contribution is 2.24. The number of benzene rings is 1. The lowest BCUT2D eigenvalue weighted by Crippen LogP contribution is -2.35. The highest BCUT2D eigenvalue weighted by molar-refractivity contribution is 7.98. The van der Waals surface area contributed by atoms with Crippen molar-refractivity contribution in [3.8, 4) is 0 Å². The molecule has 0 atom stereocenters. The SMILES string of the molecule is CC(C)(C)NCc1nc(CSc2cccc(Cl)c2)no1. The Morgan fingerprint density at radius 3 is 2.85 bits per heavy atom. The minimum atomic E-state index is 0.0319. The van der Waals surface area contributed by atoms with Crippen LogP contribution in [0.4, 0.5) is 0 Å². The minimum Gasteiger partial charge on any atom is -0.338 e. The van der Waals surface area contributed by atoms with Crippen LogP contribution in [0.1, 0.15) is 32.5 Å². The number of hydrogen-bond acceptors (Lipinski definition) is 5. The molecule has 1 aromatic heterocycles. The summed E-state index contributed by atoms with van der Waals surface area (Å²) >= 11 is 7.58. The van der Waals surface area contributed by atoms with Gasteiger partial charge in [-0.15, -0.1) is 11.8 Å². The third-order valence-corrected chi connectivity index (χ3v) is 3.67. The number of thioether (sulfide) groups is 1. The lowest BCUT2D eigenvalue weighted by atomic mass is 10.1. The van der Waals surface area contributed by atoms with Crippen molar-refractivity contribution < 1.29 is 4.52 Å². The van der Waals surface area contributed by atoms with Gasteiger partial charge in [-0.05, 0) is 39.0 Å². The third-order valence-electron chi connectivity index (χ3n) is 2.44. The van der Waals surface area contributed by atoms with Crippen LogP contribution in [0.15, 0.2) is 33.7 Å². The molecule has 0 aliphatic rings. The Bertz CT molecular complexity index is 566. The topological polar surface area (TPSA) is 51.0 Å². The predicted molar refractivity (Wildman–Crippen MR) is 81.9 cm³/mol. The fourth-order valence-electron chi connectivity index (χ4n) is 1.47. The monoisotopic (exact) mass is 311 g/mol. The minimum absolute atomic E-state index is 0.0319. The van der Waals surface area contributed by atoms with Crippen molar-refractivity contribution in [1.29, 1.82) is 0 Å². The average molecular weight is 312 g/mol. The Labute approximate surface area is 128 Å². The van der Waals surface area contributed by atoms with E-state index in [4.69, 9.17) is 16.1 Å². The maximum atomic E-state index is 5.94. The van der Waals surface area contributed by atoms with Crippen LogP contribution >= 0.6 is 23.4 Å². The van der Waals surface area contributed by atoms with Gasteiger partial charge >= 0.3 is 0 Å². The summed E-state index contributed by atoms with van der Waals surface area (Å²) in [5, 5.41) is 8.02. The van der Waals surface area contributed by atoms with Gasteiger partial charge in [-0.25, -0.2) is 0 Å². The number of hydrogen-bond donors (Lipinski definition) is 1. The molecule has 0 amide bonds. The maximum absolute atomic E-state index is 5.94. The summed E-state index contributed by atoms with van der Waals surface area (Å²) in [6.07, 6.45) is 0. The van der Waals surface area contributed by atoms with Gasteiger partial charge in [0.15, 0.2) is 5.82 Å². The van der Waals surface area contributed by atoms with Crippen LogP contribution in [0.3, 0.4) is 0 Å². The van der Waals surface area contributed by atoms with Crippen LogP contribution in [0, 0.1) is 0 Å². The van der Waals surface area contributed by atoms with Crippen LogP contribution in [-0.2, 0) is 12.3 Å². The fourth-order valence-corrected chi connectivity index (χ4v) is 2.52. The highest BCUT2D eigenvalue weighted by Gasteiger charge is 2.12. The van der Waals surface area contributed by atoms with E-state index in [1.807, 2.05) is 24.3 Å². The second-order valence-corrected chi connectivity index (χ2v) is 6.94. The van der Waals surface area contributed by atoms with Crippen LogP contribution in [0.2, 0.25) is 5.02 Å². The molecular formula is C14H18ClN3OS. The largest absolute Gasteiger partial charge is 0.338 e. The quantitative estimate of drug-likeness (QED) is 0.849. The van der Waals surface area contributed by atoms with E-state index in [1.165, 1.54) is 0 Å². The van der Waals surface area contributed by atoms with E-state index in [9.17, 15) is 0 Å². The number of rotatable bonds is 5. The van der Waals surface area contributed by atoms with E-state index in [0.29, 0.717) is 24.0 Å². The fraction of sp³-hybridized carbons (Fsp3) is 0.429. The van der Waals surface area contributed by atoms with Crippen molar-refractivity contribution in [1.82, 2.24) is 15.5 Å². The summed E-state index contributed by atoms with van der Waals surface area (Å²) in [5.74, 6) is 1.97. The van der Waals surface area contributed by atoms with Gasteiger partial charge in [-0.2, -0.15) is 4.98 Å². The second-order valence-electron chi connectivity index (χ2n) is 5.45. The maximum Gasteiger partial charge on any atom is 0.240 e. The van der Waals surface area contributed by atoms with Crippen molar-refractivity contribution in [3.63, 3.8) is 0 Å². The summed E-state index contributed by atoms with van der Waals surface area (Å²) < 4.78 is 5.21. The number of nitrogens with one attached hydrogen (secondary N) is 1. The summed E-state index contributed by atoms with van der Waals surface area (Å²) in [6, 6.07) is 7.73. The van der Waals surface area contributed by atoms with Crippen molar-refractivity contribution in [3.05, 3.63) is 41.0 Å². The first-order valence-electron chi connectivity index (χ1n) is 6.37. The second kappa shape index (κ2) is 6.61. The molecule has 2 aromatic rings. The molecule has 1 aromatic carbocycles. The van der Waals surface area contributed by atoms with Gasteiger partial charge in [0.2, 0.25) is 5.89 Å². The molecule has 6 heteroatoms. The molecule has 0 aliphatic heterocycles. The van der Waals surface area contributed by atoms with Crippen molar-refractivity contribution in [2.24, 2.45) is 0 Å². The van der Waals surface area contributed by atoms with Gasteiger partial charge in [-0.3, -0.25) is 0 Å². The molecule has 2 rings (SSSR count). The van der Waals surface area contributed by atoms with Gasteiger partial charge in [0.1, 0.15) is 0 Å². The van der Waals surface area contributed by atoms with E-state index < -0.39 is 0 Å². The summed E-state index contributed by atoms with van der Waals surface area (Å²) in [7, 11) is 0. The van der Waals surface area contributed by atoms with Crippen LogP contribution in [0.25, 0.3) is 0 Å². The highest BCUT2D eigenvalue weighted by atomic mass is 35.5. The van der Waals surface area contributed by atoms with E-state index in [2.05, 4.69) is 36.2 Å². The molecule has 0 saturated heterocycles. The van der Waals surface area contributed by atoms with E-state index >= 15 is 0 Å². The summed E-state index contributed by atoms with van der Waals surface area (Å²) in [6.45, 7) is 6.87. The molecule has 4 nitrogen and oxygen atoms in total. The zero-order chi connectivity index (χ0) is 14.6. The zero-order valence-electron chi connectivity index (χ0n) is 11.8. The Morgan fingerprint density at radius 1 is 1.35 bits per heavy atom. The number of nitrogens with zero attached hydrogens (tertiary/aromatic N) is 2. The molecular weight excluding hydrogens is 294 g/mol. The van der Waals surface area contributed by atoms with E-state index in [1.54, 1.807) is 11.8 Å². The van der Waals surface area contributed by atoms with E-state index in [0.717, 1.165) is 9.92 Å². The van der Waals surface area contributed by atoms with Gasteiger partial charge in [0, 0.05) is 15.5 Å². The first-order chi connectivity index (χ1) is 9.42. The Hall–Kier alpha value is -1.04. The van der Waals surface area contributed by atoms with E-state index in [-0.39, 0.29) is 5.54 Å². The first kappa shape index (κ1) is 15.4. The lowest BCUT2D eigenvalue weighted by molar-refractivity contribution is 0.334. The average Bonchev–Trinajstić information content (AvgIpc) is 2.81. The molecule has 0 radical (unpaired) electrons. The molecule has 0 fully saturated rings. The molecule has 20 heavy (non-hydrogen) atoms. The molecule has 0 unspecified atom stereocenters. The van der Waals surface area contributed by atoms with Crippen LogP contribution in [-0.4, -0.2) is 15.7 Å². The molecule has 0 saturated carbocycles. The lowest BCUT2D eigenvalue weighted by Gasteiger charge is -2.18. The molecule has 0 aliphatic carbocycles. The molecule has 1 N–H and O–H groups in total. The number of halogens is 1.